The number of nitrogens with two attached hydrogens (primary N) is 2. The third-order valence-electron chi connectivity index (χ3n) is 4.51. The van der Waals surface area contributed by atoms with Crippen molar-refractivity contribution >= 4 is 18.3 Å². The first-order valence-corrected chi connectivity index (χ1v) is 12.9. The van der Waals surface area contributed by atoms with E-state index in [0.29, 0.717) is 26.2 Å². The van der Waals surface area contributed by atoms with Gasteiger partial charge in [-0.15, -0.1) is 0 Å². The Morgan fingerprint density at radius 1 is 0.541 bits per heavy atom. The van der Waals surface area contributed by atoms with Gasteiger partial charge in [0.05, 0.1) is 0 Å². The van der Waals surface area contributed by atoms with E-state index < -0.39 is 35.1 Å². The lowest BCUT2D eigenvalue weighted by molar-refractivity contribution is 0.00872. The van der Waals surface area contributed by atoms with Crippen LogP contribution >= 0.6 is 0 Å². The molecule has 0 radical (unpaired) electrons. The molecule has 0 spiro atoms. The molecule has 0 aromatic rings. The predicted octanol–water partition coefficient (Wildman–Crippen LogP) is 2.20. The molecule has 0 aliphatic rings. The Hall–Kier alpha value is -2.31. The van der Waals surface area contributed by atoms with Crippen molar-refractivity contribution < 1.29 is 28.6 Å². The van der Waals surface area contributed by atoms with Crippen molar-refractivity contribution in [1.82, 2.24) is 20.0 Å². The summed E-state index contributed by atoms with van der Waals surface area (Å²) < 4.78 is 16.6. The molecule has 5 N–H and O–H groups in total. The van der Waals surface area contributed by atoms with Crippen LogP contribution in [-0.2, 0) is 14.2 Å². The van der Waals surface area contributed by atoms with E-state index in [-0.39, 0.29) is 39.3 Å². The van der Waals surface area contributed by atoms with E-state index in [9.17, 15) is 14.4 Å². The number of nitrogens with zero attached hydrogens (tertiary/aromatic N) is 3. The van der Waals surface area contributed by atoms with Gasteiger partial charge < -0.3 is 45.7 Å². The van der Waals surface area contributed by atoms with E-state index in [1.807, 2.05) is 0 Å². The second-order valence-corrected chi connectivity index (χ2v) is 11.7. The highest BCUT2D eigenvalue weighted by Gasteiger charge is 2.28. The maximum Gasteiger partial charge on any atom is 0.410 e. The average Bonchev–Trinajstić information content (AvgIpc) is 2.70. The van der Waals surface area contributed by atoms with Crippen molar-refractivity contribution in [2.45, 2.75) is 79.1 Å². The SMILES string of the molecule is CC(C)(C)OC(=O)N(CCN)CCN(CCN(CCNCCN)C(=O)OC(C)(C)C)C(=O)OC(C)(C)C. The highest BCUT2D eigenvalue weighted by Crippen LogP contribution is 2.13. The van der Waals surface area contributed by atoms with Gasteiger partial charge >= 0.3 is 18.3 Å². The fourth-order valence-corrected chi connectivity index (χ4v) is 2.94. The molecule has 12 nitrogen and oxygen atoms in total. The summed E-state index contributed by atoms with van der Waals surface area (Å²) >= 11 is 0. The van der Waals surface area contributed by atoms with Crippen molar-refractivity contribution in [1.29, 1.82) is 0 Å². The summed E-state index contributed by atoms with van der Waals surface area (Å²) in [6.45, 7) is 19.3. The maximum atomic E-state index is 13.0. The molecule has 0 aromatic heterocycles. The Morgan fingerprint density at radius 3 is 1.16 bits per heavy atom. The molecule has 0 aliphatic carbocycles. The normalized spacial score (nSPS) is 12.1. The number of ether oxygens (including phenoxy) is 3. The molecule has 0 rings (SSSR count). The standard InChI is InChI=1S/C25H52N6O6/c1-23(2,3)35-20(32)29(14-11-27)16-18-31(22(34)37-25(7,8)9)19-17-30(15-13-28-12-10-26)21(33)36-24(4,5)6/h28H,10-19,26-27H2,1-9H3. The van der Waals surface area contributed by atoms with Crippen molar-refractivity contribution in [2.24, 2.45) is 11.5 Å². The van der Waals surface area contributed by atoms with Crippen LogP contribution in [0.3, 0.4) is 0 Å². The topological polar surface area (TPSA) is 153 Å². The number of rotatable bonds is 13. The van der Waals surface area contributed by atoms with E-state index in [2.05, 4.69) is 5.32 Å². The summed E-state index contributed by atoms with van der Waals surface area (Å²) in [5, 5.41) is 3.16. The molecule has 0 aliphatic heterocycles. The largest absolute Gasteiger partial charge is 0.444 e. The van der Waals surface area contributed by atoms with Gasteiger partial charge in [0.2, 0.25) is 0 Å². The summed E-state index contributed by atoms with van der Waals surface area (Å²) in [6.07, 6.45) is -1.54. The number of hydrogen-bond acceptors (Lipinski definition) is 9. The van der Waals surface area contributed by atoms with E-state index in [1.54, 1.807) is 62.3 Å². The van der Waals surface area contributed by atoms with Gasteiger partial charge in [-0.3, -0.25) is 0 Å². The fourth-order valence-electron chi connectivity index (χ4n) is 2.94. The number of amides is 3. The number of hydrogen-bond donors (Lipinski definition) is 3. The fraction of sp³-hybridized carbons (Fsp3) is 0.880. The summed E-state index contributed by atoms with van der Waals surface area (Å²) in [6, 6.07) is 0. The molecule has 0 fully saturated rings. The van der Waals surface area contributed by atoms with E-state index in [0.717, 1.165) is 0 Å². The first kappa shape index (κ1) is 34.7. The van der Waals surface area contributed by atoms with Crippen molar-refractivity contribution in [3.05, 3.63) is 0 Å². The Morgan fingerprint density at radius 2 is 0.865 bits per heavy atom. The lowest BCUT2D eigenvalue weighted by Crippen LogP contribution is -2.49. The summed E-state index contributed by atoms with van der Waals surface area (Å²) in [4.78, 5) is 43.0. The minimum Gasteiger partial charge on any atom is -0.444 e. The highest BCUT2D eigenvalue weighted by atomic mass is 16.6. The molecule has 0 heterocycles. The molecule has 0 bridgehead atoms. The monoisotopic (exact) mass is 532 g/mol. The second kappa shape index (κ2) is 15.8. The van der Waals surface area contributed by atoms with Gasteiger partial charge in [0.25, 0.3) is 0 Å². The minimum atomic E-state index is -0.714. The molecule has 37 heavy (non-hydrogen) atoms. The van der Waals surface area contributed by atoms with Crippen LogP contribution in [0.5, 0.6) is 0 Å². The van der Waals surface area contributed by atoms with E-state index in [1.165, 1.54) is 14.7 Å². The Balaban J connectivity index is 5.58. The minimum absolute atomic E-state index is 0.168. The third-order valence-corrected chi connectivity index (χ3v) is 4.51. The first-order valence-electron chi connectivity index (χ1n) is 12.9. The van der Waals surface area contributed by atoms with Crippen LogP contribution in [0.2, 0.25) is 0 Å². The van der Waals surface area contributed by atoms with Crippen LogP contribution in [0.25, 0.3) is 0 Å². The van der Waals surface area contributed by atoms with Crippen molar-refractivity contribution in [2.75, 3.05) is 65.4 Å². The smallest absolute Gasteiger partial charge is 0.410 e. The molecule has 0 saturated heterocycles. The quantitative estimate of drug-likeness (QED) is 0.239. The maximum absolute atomic E-state index is 13.0. The Bertz CT molecular complexity index is 699. The molecule has 0 unspecified atom stereocenters. The third kappa shape index (κ3) is 17.7. The molecular formula is C25H52N6O6. The summed E-state index contributed by atoms with van der Waals surface area (Å²) in [7, 11) is 0. The van der Waals surface area contributed by atoms with Gasteiger partial charge in [-0.2, -0.15) is 0 Å². The number of carbonyl (C=O) groups is 3. The molecule has 12 heteroatoms. The molecule has 0 saturated carbocycles. The molecular weight excluding hydrogens is 480 g/mol. The van der Waals surface area contributed by atoms with Crippen molar-refractivity contribution in [3.8, 4) is 0 Å². The Kier molecular flexibility index (Phi) is 14.8. The van der Waals surface area contributed by atoms with Gasteiger partial charge in [0.1, 0.15) is 16.8 Å². The van der Waals surface area contributed by atoms with E-state index in [4.69, 9.17) is 25.7 Å². The van der Waals surface area contributed by atoms with Gasteiger partial charge in [0, 0.05) is 65.4 Å². The highest BCUT2D eigenvalue weighted by molar-refractivity contribution is 5.70. The molecule has 0 atom stereocenters. The van der Waals surface area contributed by atoms with Crippen LogP contribution in [0, 0.1) is 0 Å². The van der Waals surface area contributed by atoms with Crippen LogP contribution < -0.4 is 16.8 Å². The van der Waals surface area contributed by atoms with E-state index >= 15 is 0 Å². The molecule has 3 amide bonds. The van der Waals surface area contributed by atoms with Gasteiger partial charge in [-0.1, -0.05) is 0 Å². The average molecular weight is 533 g/mol. The zero-order chi connectivity index (χ0) is 28.9. The van der Waals surface area contributed by atoms with Crippen LogP contribution in [0.1, 0.15) is 62.3 Å². The lowest BCUT2D eigenvalue weighted by atomic mass is 10.2. The Labute approximate surface area is 223 Å². The second-order valence-electron chi connectivity index (χ2n) is 11.7. The van der Waals surface area contributed by atoms with Crippen molar-refractivity contribution in [3.63, 3.8) is 0 Å². The van der Waals surface area contributed by atoms with Crippen LogP contribution in [0.15, 0.2) is 0 Å². The van der Waals surface area contributed by atoms with Gasteiger partial charge in [-0.25, -0.2) is 14.4 Å². The van der Waals surface area contributed by atoms with Crippen LogP contribution in [0.4, 0.5) is 14.4 Å². The van der Waals surface area contributed by atoms with Gasteiger partial charge in [0.15, 0.2) is 0 Å². The first-order chi connectivity index (χ1) is 16.9. The zero-order valence-electron chi connectivity index (χ0n) is 24.5. The van der Waals surface area contributed by atoms with Gasteiger partial charge in [-0.05, 0) is 62.3 Å². The lowest BCUT2D eigenvalue weighted by Gasteiger charge is -2.33. The zero-order valence-corrected chi connectivity index (χ0v) is 24.5. The predicted molar refractivity (Wildman–Crippen MR) is 144 cm³/mol. The number of nitrogens with one attached hydrogen (secondary N) is 1. The summed E-state index contributed by atoms with van der Waals surface area (Å²) in [5.41, 5.74) is 9.19. The molecule has 0 aromatic carbocycles. The summed E-state index contributed by atoms with van der Waals surface area (Å²) in [5.74, 6) is 0. The van der Waals surface area contributed by atoms with Crippen LogP contribution in [-0.4, -0.2) is 115 Å². The number of carbonyl (C=O) groups excluding carboxylic acids is 3. The molecule has 218 valence electrons.